The van der Waals surface area contributed by atoms with Gasteiger partial charge in [0.15, 0.2) is 0 Å². The summed E-state index contributed by atoms with van der Waals surface area (Å²) in [5.41, 5.74) is -0.378. The molecule has 0 heterocycles. The highest BCUT2D eigenvalue weighted by Gasteiger charge is 2.20. The summed E-state index contributed by atoms with van der Waals surface area (Å²) in [6.45, 7) is 0.0000371. The van der Waals surface area contributed by atoms with E-state index in [-0.39, 0.29) is 17.9 Å². The van der Waals surface area contributed by atoms with E-state index in [2.05, 4.69) is 5.32 Å². The van der Waals surface area contributed by atoms with Gasteiger partial charge in [-0.2, -0.15) is 0 Å². The first kappa shape index (κ1) is 14.4. The second-order valence-electron chi connectivity index (χ2n) is 4.23. The number of benzene rings is 2. The SMILES string of the molecule is O=C(NCc1ccccc1O)c1ccc(F)cc1[N+](=O)[O-]. The Labute approximate surface area is 119 Å². The predicted octanol–water partition coefficient (Wildman–Crippen LogP) is 2.37. The first-order valence-electron chi connectivity index (χ1n) is 5.98. The molecule has 0 spiro atoms. The van der Waals surface area contributed by atoms with Gasteiger partial charge < -0.3 is 10.4 Å². The number of para-hydroxylation sites is 1. The molecular formula is C14H11FN2O4. The molecule has 1 amide bonds. The highest BCUT2D eigenvalue weighted by molar-refractivity contribution is 5.98. The van der Waals surface area contributed by atoms with E-state index in [4.69, 9.17) is 0 Å². The summed E-state index contributed by atoms with van der Waals surface area (Å²) in [6.07, 6.45) is 0. The van der Waals surface area contributed by atoms with E-state index in [1.54, 1.807) is 18.2 Å². The zero-order chi connectivity index (χ0) is 15.4. The smallest absolute Gasteiger partial charge is 0.285 e. The lowest BCUT2D eigenvalue weighted by Crippen LogP contribution is -2.23. The van der Waals surface area contributed by atoms with E-state index >= 15 is 0 Å². The van der Waals surface area contributed by atoms with Crippen LogP contribution in [0.4, 0.5) is 10.1 Å². The number of amides is 1. The molecule has 21 heavy (non-hydrogen) atoms. The number of carbonyl (C=O) groups is 1. The van der Waals surface area contributed by atoms with Crippen LogP contribution < -0.4 is 5.32 Å². The average molecular weight is 290 g/mol. The molecule has 0 unspecified atom stereocenters. The standard InChI is InChI=1S/C14H11FN2O4/c15-10-5-6-11(12(7-10)17(20)21)14(19)16-8-9-3-1-2-4-13(9)18/h1-7,18H,8H2,(H,16,19). The molecule has 0 saturated heterocycles. The van der Waals surface area contributed by atoms with Crippen molar-refractivity contribution in [3.63, 3.8) is 0 Å². The van der Waals surface area contributed by atoms with Gasteiger partial charge in [0, 0.05) is 12.1 Å². The van der Waals surface area contributed by atoms with Crippen molar-refractivity contribution in [1.29, 1.82) is 0 Å². The number of aromatic hydroxyl groups is 1. The number of nitrogens with one attached hydrogen (secondary N) is 1. The van der Waals surface area contributed by atoms with Crippen molar-refractivity contribution in [3.8, 4) is 5.75 Å². The topological polar surface area (TPSA) is 92.5 Å². The Hall–Kier alpha value is -2.96. The fourth-order valence-electron chi connectivity index (χ4n) is 1.78. The molecule has 108 valence electrons. The lowest BCUT2D eigenvalue weighted by Gasteiger charge is -2.07. The van der Waals surface area contributed by atoms with Crippen LogP contribution in [0.5, 0.6) is 5.75 Å². The van der Waals surface area contributed by atoms with Gasteiger partial charge in [-0.05, 0) is 18.2 Å². The molecule has 0 radical (unpaired) electrons. The number of nitro benzene ring substituents is 1. The van der Waals surface area contributed by atoms with Crippen LogP contribution in [0.15, 0.2) is 42.5 Å². The number of rotatable bonds is 4. The Kier molecular flexibility index (Phi) is 4.13. The molecule has 0 fully saturated rings. The lowest BCUT2D eigenvalue weighted by atomic mass is 10.1. The molecule has 6 nitrogen and oxygen atoms in total. The van der Waals surface area contributed by atoms with Crippen molar-refractivity contribution in [3.05, 3.63) is 69.5 Å². The highest BCUT2D eigenvalue weighted by atomic mass is 19.1. The van der Waals surface area contributed by atoms with Gasteiger partial charge in [0.05, 0.1) is 11.0 Å². The number of phenolic OH excluding ortho intramolecular Hbond substituents is 1. The predicted molar refractivity (Wildman–Crippen MR) is 72.3 cm³/mol. The fourth-order valence-corrected chi connectivity index (χ4v) is 1.78. The number of halogens is 1. The highest BCUT2D eigenvalue weighted by Crippen LogP contribution is 2.20. The maximum atomic E-state index is 13.0. The largest absolute Gasteiger partial charge is 0.508 e. The third-order valence-corrected chi connectivity index (χ3v) is 2.83. The molecule has 0 aromatic heterocycles. The maximum Gasteiger partial charge on any atom is 0.285 e. The van der Waals surface area contributed by atoms with Gasteiger partial charge in [-0.1, -0.05) is 18.2 Å². The van der Waals surface area contributed by atoms with E-state index in [0.717, 1.165) is 12.1 Å². The summed E-state index contributed by atoms with van der Waals surface area (Å²) in [5.74, 6) is -1.50. The number of hydrogen-bond acceptors (Lipinski definition) is 4. The average Bonchev–Trinajstić information content (AvgIpc) is 2.46. The van der Waals surface area contributed by atoms with Crippen molar-refractivity contribution < 1.29 is 19.2 Å². The number of nitrogens with zero attached hydrogens (tertiary/aromatic N) is 1. The summed E-state index contributed by atoms with van der Waals surface area (Å²) < 4.78 is 13.0. The Morgan fingerprint density at radius 1 is 1.29 bits per heavy atom. The van der Waals surface area contributed by atoms with Crippen LogP contribution in [0.25, 0.3) is 0 Å². The van der Waals surface area contributed by atoms with Crippen molar-refractivity contribution in [2.24, 2.45) is 0 Å². The molecule has 0 aliphatic carbocycles. The molecule has 0 aliphatic rings. The van der Waals surface area contributed by atoms with Crippen LogP contribution in [0, 0.1) is 15.9 Å². The van der Waals surface area contributed by atoms with E-state index in [1.165, 1.54) is 6.07 Å². The van der Waals surface area contributed by atoms with E-state index in [1.807, 2.05) is 0 Å². The molecule has 0 saturated carbocycles. The molecule has 2 aromatic carbocycles. The second kappa shape index (κ2) is 6.00. The lowest BCUT2D eigenvalue weighted by molar-refractivity contribution is -0.385. The van der Waals surface area contributed by atoms with Crippen LogP contribution in [0.1, 0.15) is 15.9 Å². The number of phenols is 1. The Bertz CT molecular complexity index is 703. The van der Waals surface area contributed by atoms with Crippen LogP contribution in [0.3, 0.4) is 0 Å². The van der Waals surface area contributed by atoms with Crippen LogP contribution in [-0.4, -0.2) is 15.9 Å². The number of hydrogen-bond donors (Lipinski definition) is 2. The number of carbonyl (C=O) groups excluding carboxylic acids is 1. The summed E-state index contributed by atoms with van der Waals surface area (Å²) in [4.78, 5) is 22.0. The third kappa shape index (κ3) is 3.33. The van der Waals surface area contributed by atoms with Crippen molar-refractivity contribution in [2.75, 3.05) is 0 Å². The minimum atomic E-state index is -0.821. The monoisotopic (exact) mass is 290 g/mol. The third-order valence-electron chi connectivity index (χ3n) is 2.83. The fraction of sp³-hybridized carbons (Fsp3) is 0.0714. The van der Waals surface area contributed by atoms with Gasteiger partial charge in [0.25, 0.3) is 11.6 Å². The van der Waals surface area contributed by atoms with E-state index < -0.39 is 22.3 Å². The van der Waals surface area contributed by atoms with Crippen LogP contribution in [-0.2, 0) is 6.54 Å². The van der Waals surface area contributed by atoms with E-state index in [9.17, 15) is 24.4 Å². The first-order valence-corrected chi connectivity index (χ1v) is 5.98. The summed E-state index contributed by atoms with van der Waals surface area (Å²) in [5, 5.41) is 22.8. The Morgan fingerprint density at radius 3 is 2.67 bits per heavy atom. The second-order valence-corrected chi connectivity index (χ2v) is 4.23. The van der Waals surface area contributed by atoms with Gasteiger partial charge in [-0.25, -0.2) is 4.39 Å². The normalized spacial score (nSPS) is 10.1. The van der Waals surface area contributed by atoms with Gasteiger partial charge >= 0.3 is 0 Å². The summed E-state index contributed by atoms with van der Waals surface area (Å²) in [7, 11) is 0. The molecular weight excluding hydrogens is 279 g/mol. The molecule has 2 rings (SSSR count). The quantitative estimate of drug-likeness (QED) is 0.668. The Morgan fingerprint density at radius 2 is 2.00 bits per heavy atom. The van der Waals surface area contributed by atoms with Crippen LogP contribution in [0.2, 0.25) is 0 Å². The minimum Gasteiger partial charge on any atom is -0.508 e. The summed E-state index contributed by atoms with van der Waals surface area (Å²) in [6, 6.07) is 9.09. The molecule has 7 heteroatoms. The van der Waals surface area contributed by atoms with Crippen molar-refractivity contribution >= 4 is 11.6 Å². The first-order chi connectivity index (χ1) is 9.99. The molecule has 0 bridgehead atoms. The molecule has 2 aromatic rings. The van der Waals surface area contributed by atoms with Gasteiger partial charge in [-0.15, -0.1) is 0 Å². The van der Waals surface area contributed by atoms with Gasteiger partial charge in [0.2, 0.25) is 0 Å². The molecule has 2 N–H and O–H groups in total. The van der Waals surface area contributed by atoms with Crippen molar-refractivity contribution in [2.45, 2.75) is 6.54 Å². The van der Waals surface area contributed by atoms with Crippen LogP contribution >= 0.6 is 0 Å². The van der Waals surface area contributed by atoms with Gasteiger partial charge in [0.1, 0.15) is 17.1 Å². The minimum absolute atomic E-state index is 0.0000371. The molecule has 0 atom stereocenters. The van der Waals surface area contributed by atoms with Gasteiger partial charge in [-0.3, -0.25) is 14.9 Å². The zero-order valence-corrected chi connectivity index (χ0v) is 10.7. The van der Waals surface area contributed by atoms with E-state index in [0.29, 0.717) is 11.6 Å². The molecule has 0 aliphatic heterocycles. The van der Waals surface area contributed by atoms with Crippen molar-refractivity contribution in [1.82, 2.24) is 5.32 Å². The summed E-state index contributed by atoms with van der Waals surface area (Å²) >= 11 is 0. The maximum absolute atomic E-state index is 13.0. The zero-order valence-electron chi connectivity index (χ0n) is 10.7. The number of nitro groups is 1. The Balaban J connectivity index is 2.18.